The summed E-state index contributed by atoms with van der Waals surface area (Å²) in [6.45, 7) is 9.41. The van der Waals surface area contributed by atoms with Crippen LogP contribution < -0.4 is 10.6 Å². The number of nitrogens with one attached hydrogen (secondary N) is 2. The highest BCUT2D eigenvalue weighted by Gasteiger charge is 2.32. The van der Waals surface area contributed by atoms with Crippen LogP contribution >= 0.6 is 0 Å². The van der Waals surface area contributed by atoms with E-state index in [0.29, 0.717) is 0 Å². The molecular weight excluding hydrogens is 232 g/mol. The molecule has 0 aromatic carbocycles. The minimum atomic E-state index is -1.01. The van der Waals surface area contributed by atoms with E-state index in [1.807, 2.05) is 6.92 Å². The lowest BCUT2D eigenvalue weighted by Crippen LogP contribution is -2.53. The molecule has 0 aliphatic carbocycles. The molecule has 5 nitrogen and oxygen atoms in total. The van der Waals surface area contributed by atoms with Crippen LogP contribution in [0.5, 0.6) is 0 Å². The van der Waals surface area contributed by atoms with Crippen molar-refractivity contribution in [2.75, 3.05) is 0 Å². The van der Waals surface area contributed by atoms with Gasteiger partial charge in [0, 0.05) is 6.04 Å². The monoisotopic (exact) mass is 258 g/mol. The molecule has 18 heavy (non-hydrogen) atoms. The van der Waals surface area contributed by atoms with Gasteiger partial charge in [0.05, 0.1) is 0 Å². The van der Waals surface area contributed by atoms with Crippen LogP contribution in [-0.4, -0.2) is 29.2 Å². The van der Waals surface area contributed by atoms with Crippen molar-refractivity contribution in [2.45, 2.75) is 66.0 Å². The predicted molar refractivity (Wildman–Crippen MR) is 71.5 cm³/mol. The average Bonchev–Trinajstić information content (AvgIpc) is 2.23. The van der Waals surface area contributed by atoms with Gasteiger partial charge in [-0.25, -0.2) is 9.59 Å². The van der Waals surface area contributed by atoms with Gasteiger partial charge in [-0.1, -0.05) is 41.0 Å². The Hall–Kier alpha value is -1.26. The van der Waals surface area contributed by atoms with E-state index < -0.39 is 23.5 Å². The van der Waals surface area contributed by atoms with Crippen molar-refractivity contribution in [3.8, 4) is 0 Å². The molecule has 2 atom stereocenters. The van der Waals surface area contributed by atoms with Crippen LogP contribution in [0, 0.1) is 5.41 Å². The number of carboxylic acids is 1. The van der Waals surface area contributed by atoms with E-state index in [-0.39, 0.29) is 6.04 Å². The first kappa shape index (κ1) is 16.7. The lowest BCUT2D eigenvalue weighted by atomic mass is 9.87. The molecule has 0 aromatic rings. The van der Waals surface area contributed by atoms with Crippen molar-refractivity contribution < 1.29 is 14.7 Å². The smallest absolute Gasteiger partial charge is 0.326 e. The summed E-state index contributed by atoms with van der Waals surface area (Å²) in [5.41, 5.74) is -0.518. The standard InChI is InChI=1S/C13H26N2O3/c1-6-8-9(7-2)14-12(18)15-10(11(16)17)13(3,4)5/h9-10H,6-8H2,1-5H3,(H,16,17)(H2,14,15,18). The second-order valence-corrected chi connectivity index (χ2v) is 5.65. The van der Waals surface area contributed by atoms with Gasteiger partial charge in [0.1, 0.15) is 6.04 Å². The van der Waals surface area contributed by atoms with Gasteiger partial charge in [-0.15, -0.1) is 0 Å². The highest BCUT2D eigenvalue weighted by atomic mass is 16.4. The minimum Gasteiger partial charge on any atom is -0.480 e. The molecule has 0 aliphatic heterocycles. The van der Waals surface area contributed by atoms with E-state index in [2.05, 4.69) is 17.6 Å². The van der Waals surface area contributed by atoms with Gasteiger partial charge in [-0.05, 0) is 18.3 Å². The second kappa shape index (κ2) is 7.24. The number of hydrogen-bond acceptors (Lipinski definition) is 2. The van der Waals surface area contributed by atoms with E-state index in [0.717, 1.165) is 19.3 Å². The summed E-state index contributed by atoms with van der Waals surface area (Å²) >= 11 is 0. The number of carbonyl (C=O) groups excluding carboxylic acids is 1. The van der Waals surface area contributed by atoms with Gasteiger partial charge in [0.15, 0.2) is 0 Å². The molecule has 0 heterocycles. The van der Waals surface area contributed by atoms with Crippen molar-refractivity contribution in [2.24, 2.45) is 5.41 Å². The third kappa shape index (κ3) is 5.89. The van der Waals surface area contributed by atoms with Crippen molar-refractivity contribution in [3.05, 3.63) is 0 Å². The van der Waals surface area contributed by atoms with Gasteiger partial charge in [0.25, 0.3) is 0 Å². The van der Waals surface area contributed by atoms with E-state index in [4.69, 9.17) is 5.11 Å². The summed E-state index contributed by atoms with van der Waals surface area (Å²) in [5, 5.41) is 14.5. The zero-order valence-corrected chi connectivity index (χ0v) is 12.0. The molecule has 0 saturated heterocycles. The highest BCUT2D eigenvalue weighted by molar-refractivity contribution is 5.83. The summed E-state index contributed by atoms with van der Waals surface area (Å²) in [6, 6.07) is -1.20. The lowest BCUT2D eigenvalue weighted by molar-refractivity contribution is -0.141. The topological polar surface area (TPSA) is 78.4 Å². The van der Waals surface area contributed by atoms with Crippen molar-refractivity contribution in [1.29, 1.82) is 0 Å². The number of urea groups is 1. The minimum absolute atomic E-state index is 0.101. The van der Waals surface area contributed by atoms with Crippen LogP contribution in [0.15, 0.2) is 0 Å². The first-order chi connectivity index (χ1) is 8.22. The fraction of sp³-hybridized carbons (Fsp3) is 0.846. The van der Waals surface area contributed by atoms with Crippen LogP contribution in [0.2, 0.25) is 0 Å². The van der Waals surface area contributed by atoms with Crippen molar-refractivity contribution in [3.63, 3.8) is 0 Å². The maximum atomic E-state index is 11.8. The SMILES string of the molecule is CCCC(CC)NC(=O)NC(C(=O)O)C(C)(C)C. The normalized spacial score (nSPS) is 14.7. The Morgan fingerprint density at radius 1 is 1.17 bits per heavy atom. The first-order valence-corrected chi connectivity index (χ1v) is 6.52. The molecule has 3 N–H and O–H groups in total. The molecule has 2 unspecified atom stereocenters. The van der Waals surface area contributed by atoms with Crippen LogP contribution in [0.25, 0.3) is 0 Å². The number of aliphatic carboxylic acids is 1. The van der Waals surface area contributed by atoms with E-state index >= 15 is 0 Å². The Morgan fingerprint density at radius 2 is 1.72 bits per heavy atom. The zero-order valence-electron chi connectivity index (χ0n) is 12.0. The van der Waals surface area contributed by atoms with Gasteiger partial charge >= 0.3 is 12.0 Å². The summed E-state index contributed by atoms with van der Waals surface area (Å²) in [5.74, 6) is -1.01. The Kier molecular flexibility index (Phi) is 6.73. The van der Waals surface area contributed by atoms with Gasteiger partial charge in [-0.3, -0.25) is 0 Å². The fourth-order valence-electron chi connectivity index (χ4n) is 1.73. The Bertz CT molecular complexity index is 284. The molecule has 0 radical (unpaired) electrons. The molecule has 0 aromatic heterocycles. The summed E-state index contributed by atoms with van der Waals surface area (Å²) in [6.07, 6.45) is 2.73. The molecule has 0 bridgehead atoms. The van der Waals surface area contributed by atoms with Gasteiger partial charge in [-0.2, -0.15) is 0 Å². The number of carbonyl (C=O) groups is 2. The van der Waals surface area contributed by atoms with E-state index in [1.54, 1.807) is 20.8 Å². The molecule has 106 valence electrons. The number of hydrogen-bond donors (Lipinski definition) is 3. The maximum Gasteiger partial charge on any atom is 0.326 e. The average molecular weight is 258 g/mol. The Labute approximate surface area is 109 Å². The van der Waals surface area contributed by atoms with Crippen LogP contribution in [0.1, 0.15) is 53.9 Å². The maximum absolute atomic E-state index is 11.8. The Balaban J connectivity index is 4.48. The van der Waals surface area contributed by atoms with Crippen LogP contribution in [0.3, 0.4) is 0 Å². The van der Waals surface area contributed by atoms with Crippen molar-refractivity contribution >= 4 is 12.0 Å². The molecule has 2 amide bonds. The van der Waals surface area contributed by atoms with Gasteiger partial charge in [0.2, 0.25) is 0 Å². The first-order valence-electron chi connectivity index (χ1n) is 6.52. The molecule has 0 aliphatic rings. The molecule has 0 rings (SSSR count). The lowest BCUT2D eigenvalue weighted by Gasteiger charge is -2.28. The molecule has 0 saturated carbocycles. The second-order valence-electron chi connectivity index (χ2n) is 5.65. The fourth-order valence-corrected chi connectivity index (χ4v) is 1.73. The summed E-state index contributed by atoms with van der Waals surface area (Å²) in [7, 11) is 0. The van der Waals surface area contributed by atoms with E-state index in [9.17, 15) is 9.59 Å². The highest BCUT2D eigenvalue weighted by Crippen LogP contribution is 2.19. The largest absolute Gasteiger partial charge is 0.480 e. The third-order valence-corrected chi connectivity index (χ3v) is 2.85. The van der Waals surface area contributed by atoms with Crippen molar-refractivity contribution in [1.82, 2.24) is 10.6 Å². The third-order valence-electron chi connectivity index (χ3n) is 2.85. The van der Waals surface area contributed by atoms with E-state index in [1.165, 1.54) is 0 Å². The zero-order chi connectivity index (χ0) is 14.3. The number of rotatable bonds is 6. The molecular formula is C13H26N2O3. The molecule has 5 heteroatoms. The molecule has 0 fully saturated rings. The number of amides is 2. The summed E-state index contributed by atoms with van der Waals surface area (Å²) < 4.78 is 0. The molecule has 0 spiro atoms. The Morgan fingerprint density at radius 3 is 2.06 bits per heavy atom. The van der Waals surface area contributed by atoms with Crippen LogP contribution in [-0.2, 0) is 4.79 Å². The quantitative estimate of drug-likeness (QED) is 0.684. The number of carboxylic acid groups (broad SMARTS) is 1. The predicted octanol–water partition coefficient (Wildman–Crippen LogP) is 2.36. The summed E-state index contributed by atoms with van der Waals surface area (Å²) in [4.78, 5) is 22.9. The van der Waals surface area contributed by atoms with Crippen LogP contribution in [0.4, 0.5) is 4.79 Å². The van der Waals surface area contributed by atoms with Gasteiger partial charge < -0.3 is 15.7 Å².